The molecule has 2 rings (SSSR count). The average molecular weight is 250 g/mol. The van der Waals surface area contributed by atoms with Crippen LogP contribution in [0.4, 0.5) is 4.39 Å². The predicted octanol–water partition coefficient (Wildman–Crippen LogP) is 2.42. The standard InChI is InChI=1S/C14H15FO3/c1-14(8-17-9-14)10-18-13(16)7-4-11-2-5-12(15)6-3-11/h2-7H,8-10H2,1H3. The van der Waals surface area contributed by atoms with Crippen molar-refractivity contribution >= 4 is 12.0 Å². The highest BCUT2D eigenvalue weighted by molar-refractivity contribution is 5.87. The molecule has 1 aliphatic rings. The molecule has 0 atom stereocenters. The molecular weight excluding hydrogens is 235 g/mol. The number of ether oxygens (including phenoxy) is 2. The average Bonchev–Trinajstić information content (AvgIpc) is 2.33. The highest BCUT2D eigenvalue weighted by Gasteiger charge is 2.34. The van der Waals surface area contributed by atoms with Crippen LogP contribution in [-0.2, 0) is 14.3 Å². The number of rotatable bonds is 4. The van der Waals surface area contributed by atoms with Crippen molar-refractivity contribution in [1.82, 2.24) is 0 Å². The topological polar surface area (TPSA) is 35.5 Å². The maximum absolute atomic E-state index is 12.7. The molecule has 1 aromatic carbocycles. The molecule has 18 heavy (non-hydrogen) atoms. The third-order valence-corrected chi connectivity index (χ3v) is 2.75. The molecule has 0 spiro atoms. The van der Waals surface area contributed by atoms with E-state index in [1.165, 1.54) is 18.2 Å². The zero-order valence-corrected chi connectivity index (χ0v) is 10.2. The van der Waals surface area contributed by atoms with Gasteiger partial charge in [-0.05, 0) is 23.8 Å². The van der Waals surface area contributed by atoms with Crippen molar-refractivity contribution in [2.24, 2.45) is 5.41 Å². The first-order valence-electron chi connectivity index (χ1n) is 5.76. The maximum Gasteiger partial charge on any atom is 0.330 e. The van der Waals surface area contributed by atoms with E-state index in [-0.39, 0.29) is 11.2 Å². The summed E-state index contributed by atoms with van der Waals surface area (Å²) in [6.45, 7) is 3.62. The van der Waals surface area contributed by atoms with Crippen molar-refractivity contribution in [1.29, 1.82) is 0 Å². The summed E-state index contributed by atoms with van der Waals surface area (Å²) in [5.41, 5.74) is 0.714. The number of hydrogen-bond acceptors (Lipinski definition) is 3. The summed E-state index contributed by atoms with van der Waals surface area (Å²) in [4.78, 5) is 11.4. The molecule has 0 radical (unpaired) electrons. The summed E-state index contributed by atoms with van der Waals surface area (Å²) in [6.07, 6.45) is 2.94. The molecule has 0 unspecified atom stereocenters. The second-order valence-electron chi connectivity index (χ2n) is 4.80. The summed E-state index contributed by atoms with van der Waals surface area (Å²) >= 11 is 0. The second kappa shape index (κ2) is 5.31. The van der Waals surface area contributed by atoms with Crippen LogP contribution in [0.25, 0.3) is 6.08 Å². The van der Waals surface area contributed by atoms with E-state index in [9.17, 15) is 9.18 Å². The first-order chi connectivity index (χ1) is 8.57. The highest BCUT2D eigenvalue weighted by atomic mass is 19.1. The van der Waals surface area contributed by atoms with Crippen LogP contribution in [0.2, 0.25) is 0 Å². The van der Waals surface area contributed by atoms with Gasteiger partial charge in [0.15, 0.2) is 0 Å². The minimum absolute atomic E-state index is 0.0423. The van der Waals surface area contributed by atoms with E-state index in [1.807, 2.05) is 6.92 Å². The van der Waals surface area contributed by atoms with Crippen molar-refractivity contribution < 1.29 is 18.7 Å². The molecule has 1 aliphatic heterocycles. The lowest BCUT2D eigenvalue weighted by Gasteiger charge is -2.36. The normalized spacial score (nSPS) is 17.4. The van der Waals surface area contributed by atoms with Gasteiger partial charge in [-0.2, -0.15) is 0 Å². The summed E-state index contributed by atoms with van der Waals surface area (Å²) < 4.78 is 22.8. The minimum atomic E-state index is -0.396. The van der Waals surface area contributed by atoms with Gasteiger partial charge in [0.25, 0.3) is 0 Å². The molecule has 0 N–H and O–H groups in total. The molecule has 1 fully saturated rings. The fraction of sp³-hybridized carbons (Fsp3) is 0.357. The molecule has 1 heterocycles. The number of carbonyl (C=O) groups is 1. The van der Waals surface area contributed by atoms with Gasteiger partial charge in [-0.3, -0.25) is 0 Å². The monoisotopic (exact) mass is 250 g/mol. The Labute approximate surface area is 105 Å². The first-order valence-corrected chi connectivity index (χ1v) is 5.76. The Hall–Kier alpha value is -1.68. The third kappa shape index (κ3) is 3.40. The highest BCUT2D eigenvalue weighted by Crippen LogP contribution is 2.26. The summed E-state index contributed by atoms with van der Waals surface area (Å²) in [6, 6.07) is 5.88. The van der Waals surface area contributed by atoms with Crippen LogP contribution in [0.1, 0.15) is 12.5 Å². The molecule has 0 saturated carbocycles. The summed E-state index contributed by atoms with van der Waals surface area (Å²) in [5, 5.41) is 0. The van der Waals surface area contributed by atoms with E-state index in [2.05, 4.69) is 0 Å². The maximum atomic E-state index is 12.7. The molecule has 0 amide bonds. The molecule has 0 aliphatic carbocycles. The van der Waals surface area contributed by atoms with Gasteiger partial charge in [0.05, 0.1) is 13.2 Å². The van der Waals surface area contributed by atoms with Crippen molar-refractivity contribution in [3.8, 4) is 0 Å². The van der Waals surface area contributed by atoms with Crippen LogP contribution < -0.4 is 0 Å². The molecule has 1 aromatic rings. The SMILES string of the molecule is CC1(COC(=O)C=Cc2ccc(F)cc2)COC1. The van der Waals surface area contributed by atoms with Gasteiger partial charge in [-0.15, -0.1) is 0 Å². The molecular formula is C14H15FO3. The number of halogens is 1. The van der Waals surface area contributed by atoms with Crippen molar-refractivity contribution in [3.05, 3.63) is 41.7 Å². The molecule has 4 heteroatoms. The van der Waals surface area contributed by atoms with Gasteiger partial charge in [0.2, 0.25) is 0 Å². The van der Waals surface area contributed by atoms with Crippen LogP contribution in [0, 0.1) is 11.2 Å². The van der Waals surface area contributed by atoms with Crippen LogP contribution in [-0.4, -0.2) is 25.8 Å². The number of esters is 1. The quantitative estimate of drug-likeness (QED) is 0.608. The van der Waals surface area contributed by atoms with Crippen LogP contribution >= 0.6 is 0 Å². The van der Waals surface area contributed by atoms with Crippen molar-refractivity contribution in [2.75, 3.05) is 19.8 Å². The van der Waals surface area contributed by atoms with Gasteiger partial charge in [0.1, 0.15) is 12.4 Å². The zero-order valence-electron chi connectivity index (χ0n) is 10.2. The van der Waals surface area contributed by atoms with Gasteiger partial charge in [-0.1, -0.05) is 19.1 Å². The Morgan fingerprint density at radius 1 is 1.44 bits per heavy atom. The van der Waals surface area contributed by atoms with E-state index in [0.717, 1.165) is 5.56 Å². The fourth-order valence-corrected chi connectivity index (χ4v) is 1.57. The second-order valence-corrected chi connectivity index (χ2v) is 4.80. The lowest BCUT2D eigenvalue weighted by Crippen LogP contribution is -2.43. The Bertz CT molecular complexity index is 447. The Morgan fingerprint density at radius 3 is 2.67 bits per heavy atom. The van der Waals surface area contributed by atoms with E-state index in [1.54, 1.807) is 18.2 Å². The summed E-state index contributed by atoms with van der Waals surface area (Å²) in [5.74, 6) is -0.694. The van der Waals surface area contributed by atoms with Gasteiger partial charge in [-0.25, -0.2) is 9.18 Å². The fourth-order valence-electron chi connectivity index (χ4n) is 1.57. The zero-order chi connectivity index (χ0) is 13.0. The smallest absolute Gasteiger partial charge is 0.330 e. The Kier molecular flexibility index (Phi) is 3.77. The third-order valence-electron chi connectivity index (χ3n) is 2.75. The van der Waals surface area contributed by atoms with Gasteiger partial charge >= 0.3 is 5.97 Å². The Balaban J connectivity index is 1.81. The van der Waals surface area contributed by atoms with E-state index >= 15 is 0 Å². The predicted molar refractivity (Wildman–Crippen MR) is 65.3 cm³/mol. The lowest BCUT2D eigenvalue weighted by molar-refractivity contribution is -0.160. The Morgan fingerprint density at radius 2 is 2.11 bits per heavy atom. The first kappa shape index (κ1) is 12.8. The minimum Gasteiger partial charge on any atom is -0.462 e. The number of benzene rings is 1. The molecule has 3 nitrogen and oxygen atoms in total. The number of carbonyl (C=O) groups excluding carboxylic acids is 1. The number of hydrogen-bond donors (Lipinski definition) is 0. The molecule has 0 aromatic heterocycles. The van der Waals surface area contributed by atoms with E-state index in [4.69, 9.17) is 9.47 Å². The molecule has 0 bridgehead atoms. The summed E-state index contributed by atoms with van der Waals surface area (Å²) in [7, 11) is 0. The van der Waals surface area contributed by atoms with Gasteiger partial charge < -0.3 is 9.47 Å². The molecule has 1 saturated heterocycles. The van der Waals surface area contributed by atoms with Crippen LogP contribution in [0.5, 0.6) is 0 Å². The van der Waals surface area contributed by atoms with Crippen LogP contribution in [0.15, 0.2) is 30.3 Å². The molecule has 96 valence electrons. The van der Waals surface area contributed by atoms with E-state index < -0.39 is 5.97 Å². The largest absolute Gasteiger partial charge is 0.462 e. The van der Waals surface area contributed by atoms with Crippen LogP contribution in [0.3, 0.4) is 0 Å². The van der Waals surface area contributed by atoms with E-state index in [0.29, 0.717) is 19.8 Å². The lowest BCUT2D eigenvalue weighted by atomic mass is 9.90. The van der Waals surface area contributed by atoms with Gasteiger partial charge in [0, 0.05) is 11.5 Å². The van der Waals surface area contributed by atoms with Crippen molar-refractivity contribution in [2.45, 2.75) is 6.92 Å². The van der Waals surface area contributed by atoms with Crippen molar-refractivity contribution in [3.63, 3.8) is 0 Å².